The molecule has 0 radical (unpaired) electrons. The zero-order valence-corrected chi connectivity index (χ0v) is 10.8. The summed E-state index contributed by atoms with van der Waals surface area (Å²) in [4.78, 5) is 4.39. The lowest BCUT2D eigenvalue weighted by molar-refractivity contribution is 0.783. The van der Waals surface area contributed by atoms with Crippen LogP contribution in [0.3, 0.4) is 0 Å². The van der Waals surface area contributed by atoms with E-state index in [9.17, 15) is 0 Å². The fraction of sp³-hybridized carbons (Fsp3) is 0.200. The Labute approximate surface area is 112 Å². The molecule has 1 unspecified atom stereocenters. The number of hydrogen-bond donors (Lipinski definition) is 1. The molecule has 0 bridgehead atoms. The van der Waals surface area contributed by atoms with E-state index >= 15 is 0 Å². The Morgan fingerprint density at radius 3 is 2.84 bits per heavy atom. The molecule has 4 nitrogen and oxygen atoms in total. The van der Waals surface area contributed by atoms with E-state index < -0.39 is 0 Å². The van der Waals surface area contributed by atoms with Gasteiger partial charge in [0.25, 0.3) is 0 Å². The summed E-state index contributed by atoms with van der Waals surface area (Å²) in [7, 11) is 0. The number of benzene rings is 1. The quantitative estimate of drug-likeness (QED) is 0.776. The highest BCUT2D eigenvalue weighted by atomic mass is 15.2. The second-order valence-electron chi connectivity index (χ2n) is 4.67. The number of hydrogen-bond acceptors (Lipinski definition) is 3. The third-order valence-corrected chi connectivity index (χ3v) is 3.09. The van der Waals surface area contributed by atoms with Crippen LogP contribution in [0.5, 0.6) is 0 Å². The average molecular weight is 252 g/mol. The van der Waals surface area contributed by atoms with Gasteiger partial charge in [-0.05, 0) is 25.0 Å². The van der Waals surface area contributed by atoms with Gasteiger partial charge in [-0.25, -0.2) is 9.50 Å². The van der Waals surface area contributed by atoms with Gasteiger partial charge in [-0.15, -0.1) is 0 Å². The zero-order chi connectivity index (χ0) is 13.1. The highest BCUT2D eigenvalue weighted by molar-refractivity contribution is 5.67. The van der Waals surface area contributed by atoms with Crippen molar-refractivity contribution in [3.8, 4) is 0 Å². The minimum Gasteiger partial charge on any atom is -0.365 e. The summed E-state index contributed by atoms with van der Waals surface area (Å²) >= 11 is 0. The summed E-state index contributed by atoms with van der Waals surface area (Å²) in [5.41, 5.74) is 2.32. The number of anilines is 1. The van der Waals surface area contributed by atoms with Gasteiger partial charge in [0.1, 0.15) is 5.52 Å². The van der Waals surface area contributed by atoms with Gasteiger partial charge in [0.2, 0.25) is 0 Å². The number of aromatic nitrogens is 3. The van der Waals surface area contributed by atoms with Gasteiger partial charge in [-0.3, -0.25) is 0 Å². The summed E-state index contributed by atoms with van der Waals surface area (Å²) in [5, 5.41) is 7.65. The molecule has 2 heterocycles. The molecule has 0 spiro atoms. The van der Waals surface area contributed by atoms with Crippen LogP contribution in [-0.4, -0.2) is 20.6 Å². The van der Waals surface area contributed by atoms with Crippen molar-refractivity contribution in [1.82, 2.24) is 14.6 Å². The summed E-state index contributed by atoms with van der Waals surface area (Å²) < 4.78 is 1.82. The first-order valence-electron chi connectivity index (χ1n) is 6.42. The van der Waals surface area contributed by atoms with Gasteiger partial charge in [0.15, 0.2) is 5.82 Å². The van der Waals surface area contributed by atoms with E-state index in [2.05, 4.69) is 46.6 Å². The van der Waals surface area contributed by atoms with Crippen LogP contribution in [0.25, 0.3) is 5.52 Å². The number of nitrogens with one attached hydrogen (secondary N) is 1. The lowest BCUT2D eigenvalue weighted by Crippen LogP contribution is -2.19. The van der Waals surface area contributed by atoms with Crippen molar-refractivity contribution in [2.24, 2.45) is 0 Å². The normalized spacial score (nSPS) is 12.5. The molecule has 0 aliphatic rings. The van der Waals surface area contributed by atoms with Gasteiger partial charge < -0.3 is 5.32 Å². The Morgan fingerprint density at radius 2 is 2.00 bits per heavy atom. The lowest BCUT2D eigenvalue weighted by atomic mass is 10.1. The van der Waals surface area contributed by atoms with Crippen molar-refractivity contribution in [1.29, 1.82) is 0 Å². The molecule has 1 N–H and O–H groups in total. The van der Waals surface area contributed by atoms with Gasteiger partial charge in [0, 0.05) is 18.4 Å². The third-order valence-electron chi connectivity index (χ3n) is 3.09. The van der Waals surface area contributed by atoms with Gasteiger partial charge in [-0.2, -0.15) is 5.10 Å². The largest absolute Gasteiger partial charge is 0.365 e. The first-order chi connectivity index (χ1) is 9.33. The topological polar surface area (TPSA) is 42.2 Å². The fourth-order valence-corrected chi connectivity index (χ4v) is 2.22. The molecule has 96 valence electrons. The Morgan fingerprint density at radius 1 is 1.16 bits per heavy atom. The van der Waals surface area contributed by atoms with Crippen molar-refractivity contribution < 1.29 is 0 Å². The Kier molecular flexibility index (Phi) is 3.14. The molecule has 0 saturated carbocycles. The summed E-state index contributed by atoms with van der Waals surface area (Å²) in [6, 6.07) is 12.7. The number of fused-ring (bicyclic) bond motifs is 1. The molecule has 0 amide bonds. The van der Waals surface area contributed by atoms with E-state index in [1.165, 1.54) is 5.56 Å². The van der Waals surface area contributed by atoms with Crippen LogP contribution in [0.2, 0.25) is 0 Å². The maximum Gasteiger partial charge on any atom is 0.152 e. The first-order valence-corrected chi connectivity index (χ1v) is 6.42. The molecule has 1 atom stereocenters. The predicted molar refractivity (Wildman–Crippen MR) is 76.2 cm³/mol. The van der Waals surface area contributed by atoms with Crippen LogP contribution in [0.4, 0.5) is 5.82 Å². The maximum atomic E-state index is 4.39. The van der Waals surface area contributed by atoms with Crippen LogP contribution in [0.1, 0.15) is 12.5 Å². The van der Waals surface area contributed by atoms with Gasteiger partial charge in [0.05, 0.1) is 6.20 Å². The van der Waals surface area contributed by atoms with E-state index in [4.69, 9.17) is 0 Å². The van der Waals surface area contributed by atoms with Crippen LogP contribution < -0.4 is 5.32 Å². The maximum absolute atomic E-state index is 4.39. The van der Waals surface area contributed by atoms with Crippen molar-refractivity contribution in [2.75, 3.05) is 5.32 Å². The molecule has 0 aliphatic heterocycles. The number of rotatable bonds is 4. The predicted octanol–water partition coefficient (Wildman–Crippen LogP) is 2.77. The molecule has 4 heteroatoms. The van der Waals surface area contributed by atoms with E-state index in [1.807, 2.05) is 22.8 Å². The first kappa shape index (κ1) is 11.7. The van der Waals surface area contributed by atoms with Crippen molar-refractivity contribution in [3.63, 3.8) is 0 Å². The molecule has 19 heavy (non-hydrogen) atoms. The van der Waals surface area contributed by atoms with E-state index in [-0.39, 0.29) is 0 Å². The molecule has 3 rings (SSSR count). The monoisotopic (exact) mass is 252 g/mol. The Bertz CT molecular complexity index is 660. The second-order valence-corrected chi connectivity index (χ2v) is 4.67. The summed E-state index contributed by atoms with van der Waals surface area (Å²) in [5.74, 6) is 0.878. The van der Waals surface area contributed by atoms with Crippen LogP contribution in [-0.2, 0) is 6.42 Å². The van der Waals surface area contributed by atoms with E-state index in [1.54, 1.807) is 12.4 Å². The standard InChI is InChI=1S/C15H16N4/c1-12(11-13-5-3-2-4-6-13)18-15-14-7-8-17-19(14)10-9-16-15/h2-10,12H,11H2,1H3,(H,16,18). The molecule has 3 aromatic rings. The molecular formula is C15H16N4. The van der Waals surface area contributed by atoms with Crippen molar-refractivity contribution in [2.45, 2.75) is 19.4 Å². The average Bonchev–Trinajstić information content (AvgIpc) is 2.89. The lowest BCUT2D eigenvalue weighted by Gasteiger charge is -2.15. The van der Waals surface area contributed by atoms with Gasteiger partial charge >= 0.3 is 0 Å². The Balaban J connectivity index is 1.76. The van der Waals surface area contributed by atoms with E-state index in [0.717, 1.165) is 17.8 Å². The molecule has 0 saturated heterocycles. The molecule has 1 aromatic carbocycles. The smallest absolute Gasteiger partial charge is 0.152 e. The summed E-state index contributed by atoms with van der Waals surface area (Å²) in [6.45, 7) is 2.16. The minimum atomic E-state index is 0.316. The van der Waals surface area contributed by atoms with Gasteiger partial charge in [-0.1, -0.05) is 30.3 Å². The number of nitrogens with zero attached hydrogens (tertiary/aromatic N) is 3. The van der Waals surface area contributed by atoms with E-state index in [0.29, 0.717) is 6.04 Å². The van der Waals surface area contributed by atoms with Crippen LogP contribution in [0, 0.1) is 0 Å². The highest BCUT2D eigenvalue weighted by Gasteiger charge is 2.07. The molecule has 0 fully saturated rings. The van der Waals surface area contributed by atoms with Crippen molar-refractivity contribution in [3.05, 3.63) is 60.6 Å². The second kappa shape index (κ2) is 5.10. The van der Waals surface area contributed by atoms with Crippen LogP contribution in [0.15, 0.2) is 55.0 Å². The fourth-order valence-electron chi connectivity index (χ4n) is 2.22. The summed E-state index contributed by atoms with van der Waals surface area (Å²) in [6.07, 6.45) is 6.36. The van der Waals surface area contributed by atoms with Crippen LogP contribution >= 0.6 is 0 Å². The highest BCUT2D eigenvalue weighted by Crippen LogP contribution is 2.14. The van der Waals surface area contributed by atoms with Crippen molar-refractivity contribution >= 4 is 11.3 Å². The SMILES string of the molecule is CC(Cc1ccccc1)Nc1nccn2nccc12. The molecular weight excluding hydrogens is 236 g/mol. The zero-order valence-electron chi connectivity index (χ0n) is 10.8. The molecule has 0 aliphatic carbocycles. The third kappa shape index (κ3) is 2.57. The Hall–Kier alpha value is -2.36. The molecule has 2 aromatic heterocycles. The minimum absolute atomic E-state index is 0.316.